The number of benzene rings is 1. The van der Waals surface area contributed by atoms with E-state index in [1.165, 1.54) is 4.88 Å². The van der Waals surface area contributed by atoms with Gasteiger partial charge in [-0.3, -0.25) is 4.99 Å². The molecule has 8 heteroatoms. The molecule has 132 valence electrons. The zero-order valence-electron chi connectivity index (χ0n) is 14.0. The average Bonchev–Trinajstić information content (AvgIpc) is 3.25. The Bertz CT molecular complexity index is 815. The predicted octanol–water partition coefficient (Wildman–Crippen LogP) is 3.59. The Morgan fingerprint density at radius 2 is 1.96 bits per heavy atom. The number of aromatic nitrogens is 2. The predicted molar refractivity (Wildman–Crippen MR) is 111 cm³/mol. The van der Waals surface area contributed by atoms with Crippen LogP contribution in [0.3, 0.4) is 0 Å². The van der Waals surface area contributed by atoms with E-state index in [0.717, 1.165) is 22.0 Å². The molecule has 6 nitrogen and oxygen atoms in total. The van der Waals surface area contributed by atoms with Gasteiger partial charge in [-0.15, -0.1) is 35.3 Å². The van der Waals surface area contributed by atoms with E-state index in [-0.39, 0.29) is 24.0 Å². The summed E-state index contributed by atoms with van der Waals surface area (Å²) >= 11 is 1.67. The van der Waals surface area contributed by atoms with E-state index in [1.807, 2.05) is 49.5 Å². The lowest BCUT2D eigenvalue weighted by Crippen LogP contribution is -2.36. The molecule has 0 aliphatic carbocycles. The molecule has 0 saturated carbocycles. The van der Waals surface area contributed by atoms with Crippen molar-refractivity contribution in [2.45, 2.75) is 20.0 Å². The number of halogens is 1. The van der Waals surface area contributed by atoms with Crippen LogP contribution in [0.5, 0.6) is 0 Å². The van der Waals surface area contributed by atoms with Crippen molar-refractivity contribution in [2.24, 2.45) is 4.99 Å². The normalized spacial score (nSPS) is 11.0. The van der Waals surface area contributed by atoms with E-state index >= 15 is 0 Å². The molecule has 0 radical (unpaired) electrons. The molecule has 2 aromatic heterocycles. The molecule has 2 N–H and O–H groups in total. The van der Waals surface area contributed by atoms with E-state index in [0.29, 0.717) is 19.0 Å². The third-order valence-corrected chi connectivity index (χ3v) is 4.27. The van der Waals surface area contributed by atoms with Crippen LogP contribution in [0.2, 0.25) is 0 Å². The molecule has 0 fully saturated rings. The smallest absolute Gasteiger partial charge is 0.191 e. The Morgan fingerprint density at radius 1 is 1.20 bits per heavy atom. The molecule has 2 heterocycles. The first kappa shape index (κ1) is 19.4. The number of nitrogens with one attached hydrogen (secondary N) is 2. The van der Waals surface area contributed by atoms with Gasteiger partial charge in [0.05, 0.1) is 13.1 Å². The topological polar surface area (TPSA) is 75.3 Å². The summed E-state index contributed by atoms with van der Waals surface area (Å²) in [4.78, 5) is 9.73. The SMILES string of the molecule is CN=C(NCc1cc(-c2ccccc2)on1)NCc1ncc(C)s1.I. The third-order valence-electron chi connectivity index (χ3n) is 3.35. The van der Waals surface area contributed by atoms with Gasteiger partial charge in [-0.05, 0) is 6.92 Å². The van der Waals surface area contributed by atoms with Crippen LogP contribution in [-0.4, -0.2) is 23.1 Å². The lowest BCUT2D eigenvalue weighted by atomic mass is 10.2. The van der Waals surface area contributed by atoms with Gasteiger partial charge in [0.1, 0.15) is 10.7 Å². The zero-order chi connectivity index (χ0) is 16.8. The lowest BCUT2D eigenvalue weighted by Gasteiger charge is -2.09. The van der Waals surface area contributed by atoms with E-state index in [4.69, 9.17) is 4.52 Å². The van der Waals surface area contributed by atoms with E-state index in [9.17, 15) is 0 Å². The van der Waals surface area contributed by atoms with Crippen molar-refractivity contribution >= 4 is 41.3 Å². The summed E-state index contributed by atoms with van der Waals surface area (Å²) in [5, 5.41) is 11.6. The highest BCUT2D eigenvalue weighted by Gasteiger charge is 2.07. The van der Waals surface area contributed by atoms with Gasteiger partial charge in [0, 0.05) is 29.8 Å². The van der Waals surface area contributed by atoms with E-state index < -0.39 is 0 Å². The van der Waals surface area contributed by atoms with Crippen LogP contribution >= 0.6 is 35.3 Å². The fourth-order valence-electron chi connectivity index (χ4n) is 2.17. The first-order valence-electron chi connectivity index (χ1n) is 7.61. The van der Waals surface area contributed by atoms with Gasteiger partial charge in [0.15, 0.2) is 11.7 Å². The number of nitrogens with zero attached hydrogens (tertiary/aromatic N) is 3. The maximum Gasteiger partial charge on any atom is 0.191 e. The minimum Gasteiger partial charge on any atom is -0.356 e. The summed E-state index contributed by atoms with van der Waals surface area (Å²) in [5.41, 5.74) is 1.83. The second-order valence-corrected chi connectivity index (χ2v) is 6.51. The minimum atomic E-state index is 0. The molecule has 0 aliphatic heterocycles. The number of thiazole rings is 1. The van der Waals surface area contributed by atoms with Gasteiger partial charge in [-0.1, -0.05) is 35.5 Å². The minimum absolute atomic E-state index is 0. The molecule has 0 bridgehead atoms. The molecule has 0 spiro atoms. The van der Waals surface area contributed by atoms with Gasteiger partial charge >= 0.3 is 0 Å². The molecule has 1 aromatic carbocycles. The molecule has 0 aliphatic rings. The summed E-state index contributed by atoms with van der Waals surface area (Å²) < 4.78 is 5.39. The van der Waals surface area contributed by atoms with Gasteiger partial charge in [0.25, 0.3) is 0 Å². The molecule has 0 amide bonds. The maximum atomic E-state index is 5.39. The Hall–Kier alpha value is -1.94. The van der Waals surface area contributed by atoms with Crippen LogP contribution in [-0.2, 0) is 13.1 Å². The van der Waals surface area contributed by atoms with Crippen LogP contribution in [0.4, 0.5) is 0 Å². The van der Waals surface area contributed by atoms with Crippen molar-refractivity contribution in [2.75, 3.05) is 7.05 Å². The summed E-state index contributed by atoms with van der Waals surface area (Å²) in [7, 11) is 1.74. The van der Waals surface area contributed by atoms with Crippen LogP contribution < -0.4 is 10.6 Å². The second kappa shape index (κ2) is 9.52. The Balaban J connectivity index is 0.00000225. The summed E-state index contributed by atoms with van der Waals surface area (Å²) in [6, 6.07) is 11.8. The first-order valence-corrected chi connectivity index (χ1v) is 8.43. The molecular weight excluding hydrogens is 449 g/mol. The maximum absolute atomic E-state index is 5.39. The summed E-state index contributed by atoms with van der Waals surface area (Å²) in [5.74, 6) is 1.46. The summed E-state index contributed by atoms with van der Waals surface area (Å²) in [6.07, 6.45) is 1.87. The van der Waals surface area contributed by atoms with Gasteiger partial charge in [0.2, 0.25) is 0 Å². The second-order valence-electron chi connectivity index (χ2n) is 5.19. The van der Waals surface area contributed by atoms with Crippen molar-refractivity contribution in [1.82, 2.24) is 20.8 Å². The highest BCUT2D eigenvalue weighted by molar-refractivity contribution is 14.0. The molecule has 0 saturated heterocycles. The van der Waals surface area contributed by atoms with Crippen LogP contribution in [0.25, 0.3) is 11.3 Å². The van der Waals surface area contributed by atoms with Crippen LogP contribution in [0, 0.1) is 6.92 Å². The van der Waals surface area contributed by atoms with Crippen molar-refractivity contribution in [1.29, 1.82) is 0 Å². The van der Waals surface area contributed by atoms with E-state index in [2.05, 4.69) is 25.8 Å². The lowest BCUT2D eigenvalue weighted by molar-refractivity contribution is 0.422. The number of rotatable bonds is 5. The zero-order valence-corrected chi connectivity index (χ0v) is 17.2. The Morgan fingerprint density at radius 3 is 2.64 bits per heavy atom. The Kier molecular flexibility index (Phi) is 7.38. The molecule has 3 aromatic rings. The van der Waals surface area contributed by atoms with Gasteiger partial charge < -0.3 is 15.2 Å². The number of aliphatic imine (C=N–C) groups is 1. The summed E-state index contributed by atoms with van der Waals surface area (Å²) in [6.45, 7) is 3.22. The first-order chi connectivity index (χ1) is 11.7. The molecule has 0 atom stereocenters. The molecule has 25 heavy (non-hydrogen) atoms. The standard InChI is InChI=1S/C17H19N5OS.HI/c1-12-9-19-16(24-12)11-21-17(18-2)20-10-14-8-15(23-22-14)13-6-4-3-5-7-13;/h3-9H,10-11H2,1-2H3,(H2,18,20,21);1H. The molecule has 3 rings (SSSR count). The van der Waals surface area contributed by atoms with E-state index in [1.54, 1.807) is 18.4 Å². The largest absolute Gasteiger partial charge is 0.356 e. The quantitative estimate of drug-likeness (QED) is 0.340. The molecule has 0 unspecified atom stereocenters. The van der Waals surface area contributed by atoms with Crippen molar-refractivity contribution in [3.05, 3.63) is 58.2 Å². The van der Waals surface area contributed by atoms with Gasteiger partial charge in [-0.2, -0.15) is 0 Å². The van der Waals surface area contributed by atoms with Crippen LogP contribution in [0.1, 0.15) is 15.6 Å². The Labute approximate surface area is 167 Å². The molecular formula is C17H20IN5OS. The number of hydrogen-bond acceptors (Lipinski definition) is 5. The van der Waals surface area contributed by atoms with Crippen LogP contribution in [0.15, 0.2) is 52.1 Å². The van der Waals surface area contributed by atoms with Crippen molar-refractivity contribution < 1.29 is 4.52 Å². The monoisotopic (exact) mass is 469 g/mol. The average molecular weight is 469 g/mol. The highest BCUT2D eigenvalue weighted by Crippen LogP contribution is 2.19. The highest BCUT2D eigenvalue weighted by atomic mass is 127. The van der Waals surface area contributed by atoms with Crippen molar-refractivity contribution in [3.63, 3.8) is 0 Å². The number of guanidine groups is 1. The van der Waals surface area contributed by atoms with Gasteiger partial charge in [-0.25, -0.2) is 4.98 Å². The van der Waals surface area contributed by atoms with Crippen molar-refractivity contribution in [3.8, 4) is 11.3 Å². The fraction of sp³-hybridized carbons (Fsp3) is 0.235. The third kappa shape index (κ3) is 5.53. The number of aryl methyl sites for hydroxylation is 1. The number of hydrogen-bond donors (Lipinski definition) is 2. The fourth-order valence-corrected chi connectivity index (χ4v) is 2.90.